The van der Waals surface area contributed by atoms with Crippen molar-refractivity contribution in [1.82, 2.24) is 4.72 Å². The van der Waals surface area contributed by atoms with Crippen LogP contribution in [0.15, 0.2) is 88.2 Å². The molecule has 1 aromatic heterocycles. The fourth-order valence-corrected chi connectivity index (χ4v) is 5.04. The Labute approximate surface area is 209 Å². The third-order valence-corrected chi connectivity index (χ3v) is 7.51. The van der Waals surface area contributed by atoms with Crippen LogP contribution >= 0.6 is 0 Å². The van der Waals surface area contributed by atoms with E-state index >= 15 is 0 Å². The molecule has 0 saturated carbocycles. The lowest BCUT2D eigenvalue weighted by Crippen LogP contribution is -2.44. The molecule has 9 heteroatoms. The third-order valence-electron chi connectivity index (χ3n) is 6.05. The van der Waals surface area contributed by atoms with E-state index in [0.717, 1.165) is 16.5 Å². The average molecular weight is 507 g/mol. The monoisotopic (exact) mass is 506 g/mol. The summed E-state index contributed by atoms with van der Waals surface area (Å²) in [5.41, 5.74) is 2.80. The van der Waals surface area contributed by atoms with Crippen LogP contribution in [0.1, 0.15) is 30.8 Å². The average Bonchev–Trinajstić information content (AvgIpc) is 3.32. The summed E-state index contributed by atoms with van der Waals surface area (Å²) in [4.78, 5) is 24.0. The van der Waals surface area contributed by atoms with E-state index in [0.29, 0.717) is 17.7 Å². The number of amides is 1. The lowest BCUT2D eigenvalue weighted by Gasteiger charge is -2.20. The fourth-order valence-electron chi connectivity index (χ4n) is 3.74. The number of carboxylic acids is 1. The van der Waals surface area contributed by atoms with Gasteiger partial charge in [0.1, 0.15) is 11.6 Å². The van der Waals surface area contributed by atoms with E-state index in [1.54, 1.807) is 62.4 Å². The van der Waals surface area contributed by atoms with Crippen molar-refractivity contribution >= 4 is 38.6 Å². The van der Waals surface area contributed by atoms with Crippen LogP contribution in [0.3, 0.4) is 0 Å². The van der Waals surface area contributed by atoms with Crippen molar-refractivity contribution < 1.29 is 27.5 Å². The Hall–Kier alpha value is -3.95. The number of rotatable bonds is 9. The molecule has 0 aliphatic carbocycles. The minimum absolute atomic E-state index is 0.0180. The van der Waals surface area contributed by atoms with Crippen LogP contribution in [0, 0.1) is 5.92 Å². The van der Waals surface area contributed by atoms with Crippen molar-refractivity contribution in [2.75, 3.05) is 5.32 Å². The summed E-state index contributed by atoms with van der Waals surface area (Å²) in [5.74, 6) is -1.72. The Bertz CT molecular complexity index is 1460. The van der Waals surface area contributed by atoms with Gasteiger partial charge >= 0.3 is 5.97 Å². The number of hydrogen-bond donors (Lipinski definition) is 3. The smallest absolute Gasteiger partial charge is 0.322 e. The molecule has 0 bridgehead atoms. The first-order valence-electron chi connectivity index (χ1n) is 11.4. The molecule has 4 rings (SSSR count). The molecule has 0 unspecified atom stereocenters. The summed E-state index contributed by atoms with van der Waals surface area (Å²) in [6, 6.07) is 21.1. The number of para-hydroxylation sites is 1. The van der Waals surface area contributed by atoms with Crippen LogP contribution in [0.2, 0.25) is 0 Å². The first-order valence-corrected chi connectivity index (χ1v) is 12.9. The van der Waals surface area contributed by atoms with E-state index in [4.69, 9.17) is 4.42 Å². The Morgan fingerprint density at radius 2 is 1.56 bits per heavy atom. The predicted octanol–water partition coefficient (Wildman–Crippen LogP) is 5.13. The summed E-state index contributed by atoms with van der Waals surface area (Å²) in [6.45, 7) is 3.49. The van der Waals surface area contributed by atoms with Gasteiger partial charge in [0.15, 0.2) is 5.76 Å². The highest BCUT2D eigenvalue weighted by atomic mass is 32.2. The lowest BCUT2D eigenvalue weighted by molar-refractivity contribution is -0.140. The summed E-state index contributed by atoms with van der Waals surface area (Å²) in [6.07, 6.45) is 0.521. The van der Waals surface area contributed by atoms with Gasteiger partial charge in [-0.2, -0.15) is 4.72 Å². The Kier molecular flexibility index (Phi) is 7.23. The van der Waals surface area contributed by atoms with Crippen molar-refractivity contribution in [2.24, 2.45) is 5.92 Å². The van der Waals surface area contributed by atoms with Crippen LogP contribution < -0.4 is 10.0 Å². The number of carbonyl (C=O) groups excluding carboxylic acids is 1. The summed E-state index contributed by atoms with van der Waals surface area (Å²) >= 11 is 0. The SMILES string of the molecule is CC[C@H](C)[C@H](NS(=O)(=O)c1ccc(-c2ccc(NC(=O)c3cc4ccccc4o3)cc2)cc1)C(=O)O. The van der Waals surface area contributed by atoms with E-state index in [-0.39, 0.29) is 22.5 Å². The number of fused-ring (bicyclic) bond motifs is 1. The lowest BCUT2D eigenvalue weighted by atomic mass is 10.0. The highest BCUT2D eigenvalue weighted by Gasteiger charge is 2.29. The number of anilines is 1. The van der Waals surface area contributed by atoms with Crippen molar-refractivity contribution in [3.8, 4) is 11.1 Å². The van der Waals surface area contributed by atoms with Crippen LogP contribution in [-0.2, 0) is 14.8 Å². The van der Waals surface area contributed by atoms with Crippen molar-refractivity contribution in [3.63, 3.8) is 0 Å². The summed E-state index contributed by atoms with van der Waals surface area (Å²) in [5, 5.41) is 13.0. The van der Waals surface area contributed by atoms with Gasteiger partial charge in [0, 0.05) is 11.1 Å². The van der Waals surface area contributed by atoms with Gasteiger partial charge in [-0.15, -0.1) is 0 Å². The first kappa shape index (κ1) is 25.2. The number of furan rings is 1. The summed E-state index contributed by atoms with van der Waals surface area (Å²) in [7, 11) is -4.00. The molecule has 0 aliphatic rings. The van der Waals surface area contributed by atoms with Crippen LogP contribution in [0.4, 0.5) is 5.69 Å². The van der Waals surface area contributed by atoms with Crippen LogP contribution in [0.25, 0.3) is 22.1 Å². The molecule has 1 heterocycles. The van der Waals surface area contributed by atoms with Crippen LogP contribution in [-0.4, -0.2) is 31.4 Å². The molecule has 0 aliphatic heterocycles. The van der Waals surface area contributed by atoms with Gasteiger partial charge in [-0.1, -0.05) is 62.7 Å². The molecule has 8 nitrogen and oxygen atoms in total. The predicted molar refractivity (Wildman–Crippen MR) is 137 cm³/mol. The fraction of sp³-hybridized carbons (Fsp3) is 0.185. The second-order valence-electron chi connectivity index (χ2n) is 8.53. The van der Waals surface area contributed by atoms with Gasteiger partial charge in [0.25, 0.3) is 5.91 Å². The highest BCUT2D eigenvalue weighted by molar-refractivity contribution is 7.89. The third kappa shape index (κ3) is 5.48. The molecule has 186 valence electrons. The van der Waals surface area contributed by atoms with E-state index in [9.17, 15) is 23.1 Å². The van der Waals surface area contributed by atoms with Crippen LogP contribution in [0.5, 0.6) is 0 Å². The van der Waals surface area contributed by atoms with Crippen molar-refractivity contribution in [3.05, 3.63) is 84.6 Å². The number of carboxylic acid groups (broad SMARTS) is 1. The number of benzene rings is 3. The van der Waals surface area contributed by atoms with Gasteiger partial charge < -0.3 is 14.8 Å². The van der Waals surface area contributed by atoms with Gasteiger partial charge in [-0.05, 0) is 53.4 Å². The van der Waals surface area contributed by atoms with Crippen molar-refractivity contribution in [2.45, 2.75) is 31.2 Å². The van der Waals surface area contributed by atoms with Gasteiger partial charge in [0.05, 0.1) is 4.90 Å². The van der Waals surface area contributed by atoms with E-state index in [2.05, 4.69) is 10.0 Å². The second kappa shape index (κ2) is 10.3. The van der Waals surface area contributed by atoms with Gasteiger partial charge in [-0.25, -0.2) is 8.42 Å². The topological polar surface area (TPSA) is 126 Å². The zero-order valence-electron chi connectivity index (χ0n) is 19.8. The molecule has 0 saturated heterocycles. The number of nitrogens with one attached hydrogen (secondary N) is 2. The normalized spacial score (nSPS) is 13.3. The largest absolute Gasteiger partial charge is 0.480 e. The second-order valence-corrected chi connectivity index (χ2v) is 10.2. The number of carbonyl (C=O) groups is 2. The molecule has 4 aromatic rings. The molecule has 0 radical (unpaired) electrons. The first-order chi connectivity index (χ1) is 17.2. The maximum Gasteiger partial charge on any atom is 0.322 e. The van der Waals surface area contributed by atoms with E-state index < -0.39 is 22.0 Å². The Balaban J connectivity index is 1.45. The number of sulfonamides is 1. The molecular weight excluding hydrogens is 480 g/mol. The van der Waals surface area contributed by atoms with Gasteiger partial charge in [-0.3, -0.25) is 9.59 Å². The van der Waals surface area contributed by atoms with E-state index in [1.807, 2.05) is 18.2 Å². The molecule has 3 N–H and O–H groups in total. The molecule has 1 amide bonds. The maximum absolute atomic E-state index is 12.7. The van der Waals surface area contributed by atoms with E-state index in [1.165, 1.54) is 12.1 Å². The molecule has 0 fully saturated rings. The standard InChI is InChI=1S/C27H26N2O6S/c1-3-17(2)25(27(31)32)29-36(33,34)22-14-10-19(11-15-22)18-8-12-21(13-9-18)28-26(30)24-16-20-6-4-5-7-23(20)35-24/h4-17,25,29H,3H2,1-2H3,(H,28,30)(H,31,32)/t17-,25-/m0/s1. The molecule has 36 heavy (non-hydrogen) atoms. The minimum atomic E-state index is -4.00. The number of hydrogen-bond acceptors (Lipinski definition) is 5. The molecule has 0 spiro atoms. The minimum Gasteiger partial charge on any atom is -0.480 e. The summed E-state index contributed by atoms with van der Waals surface area (Å²) < 4.78 is 33.3. The quantitative estimate of drug-likeness (QED) is 0.289. The molecular formula is C27H26N2O6S. The molecule has 2 atom stereocenters. The Morgan fingerprint density at radius 1 is 0.944 bits per heavy atom. The zero-order chi connectivity index (χ0) is 25.9. The molecule has 3 aromatic carbocycles. The Morgan fingerprint density at radius 3 is 2.14 bits per heavy atom. The van der Waals surface area contributed by atoms with Crippen molar-refractivity contribution in [1.29, 1.82) is 0 Å². The van der Waals surface area contributed by atoms with Gasteiger partial charge in [0.2, 0.25) is 10.0 Å². The zero-order valence-corrected chi connectivity index (χ0v) is 20.6. The maximum atomic E-state index is 12.7. The highest BCUT2D eigenvalue weighted by Crippen LogP contribution is 2.25. The number of aliphatic carboxylic acids is 1.